The Morgan fingerprint density at radius 2 is 2.00 bits per heavy atom. The average Bonchev–Trinajstić information content (AvgIpc) is 2.43. The molecule has 0 aliphatic carbocycles. The minimum absolute atomic E-state index is 0.0435. The molecule has 4 heteroatoms. The zero-order valence-electron chi connectivity index (χ0n) is 10.3. The predicted octanol–water partition coefficient (Wildman–Crippen LogP) is 1.21. The summed E-state index contributed by atoms with van der Waals surface area (Å²) < 4.78 is 11.0. The summed E-state index contributed by atoms with van der Waals surface area (Å²) in [7, 11) is 0. The van der Waals surface area contributed by atoms with Gasteiger partial charge in [0, 0.05) is 19.6 Å². The molecule has 3 rings (SSSR count). The molecule has 0 aromatic heterocycles. The van der Waals surface area contributed by atoms with Gasteiger partial charge in [0.25, 0.3) is 0 Å². The Bertz CT molecular complexity index is 440. The lowest BCUT2D eigenvalue weighted by atomic mass is 9.94. The van der Waals surface area contributed by atoms with Crippen molar-refractivity contribution in [2.24, 2.45) is 5.92 Å². The van der Waals surface area contributed by atoms with Gasteiger partial charge in [0.1, 0.15) is 5.75 Å². The van der Waals surface area contributed by atoms with Crippen LogP contribution >= 0.6 is 0 Å². The van der Waals surface area contributed by atoms with Gasteiger partial charge in [0.2, 0.25) is 0 Å². The van der Waals surface area contributed by atoms with Gasteiger partial charge in [-0.25, -0.2) is 0 Å². The van der Waals surface area contributed by atoms with Gasteiger partial charge in [-0.05, 0) is 12.1 Å². The smallest absolute Gasteiger partial charge is 0.174 e. The molecule has 2 aliphatic heterocycles. The Morgan fingerprint density at radius 3 is 2.83 bits per heavy atom. The monoisotopic (exact) mass is 247 g/mol. The van der Waals surface area contributed by atoms with E-state index in [1.807, 2.05) is 24.3 Å². The van der Waals surface area contributed by atoms with Gasteiger partial charge in [-0.3, -0.25) is 9.69 Å². The summed E-state index contributed by atoms with van der Waals surface area (Å²) in [5, 5.41) is 0. The van der Waals surface area contributed by atoms with Crippen LogP contribution < -0.4 is 4.74 Å². The van der Waals surface area contributed by atoms with Gasteiger partial charge in [-0.15, -0.1) is 0 Å². The van der Waals surface area contributed by atoms with E-state index in [1.165, 1.54) is 0 Å². The summed E-state index contributed by atoms with van der Waals surface area (Å²) in [6.07, 6.45) is 0. The number of rotatable bonds is 2. The number of ether oxygens (including phenoxy) is 2. The largest absolute Gasteiger partial charge is 0.492 e. The molecule has 0 unspecified atom stereocenters. The van der Waals surface area contributed by atoms with Crippen molar-refractivity contribution in [1.82, 2.24) is 4.90 Å². The molecule has 0 N–H and O–H groups in total. The highest BCUT2D eigenvalue weighted by atomic mass is 16.5. The van der Waals surface area contributed by atoms with E-state index >= 15 is 0 Å². The fraction of sp³-hybridized carbons (Fsp3) is 0.500. The Hall–Kier alpha value is -1.39. The van der Waals surface area contributed by atoms with Gasteiger partial charge >= 0.3 is 0 Å². The van der Waals surface area contributed by atoms with Crippen molar-refractivity contribution in [3.8, 4) is 5.75 Å². The zero-order valence-corrected chi connectivity index (χ0v) is 10.3. The highest BCUT2D eigenvalue weighted by Gasteiger charge is 2.30. The van der Waals surface area contributed by atoms with Crippen LogP contribution in [0, 0.1) is 5.92 Å². The number of morpholine rings is 1. The Labute approximate surface area is 106 Å². The molecule has 1 saturated heterocycles. The van der Waals surface area contributed by atoms with Gasteiger partial charge < -0.3 is 9.47 Å². The molecule has 1 atom stereocenters. The van der Waals surface area contributed by atoms with Crippen molar-refractivity contribution in [3.05, 3.63) is 29.8 Å². The van der Waals surface area contributed by atoms with Crippen LogP contribution in [0.25, 0.3) is 0 Å². The van der Waals surface area contributed by atoms with Crippen molar-refractivity contribution in [3.63, 3.8) is 0 Å². The molecule has 96 valence electrons. The van der Waals surface area contributed by atoms with Crippen LogP contribution in [-0.4, -0.2) is 50.1 Å². The lowest BCUT2D eigenvalue weighted by Gasteiger charge is -2.31. The Morgan fingerprint density at radius 1 is 1.22 bits per heavy atom. The first-order valence-electron chi connectivity index (χ1n) is 6.41. The van der Waals surface area contributed by atoms with Crippen molar-refractivity contribution in [2.45, 2.75) is 0 Å². The minimum Gasteiger partial charge on any atom is -0.492 e. The highest BCUT2D eigenvalue weighted by Crippen LogP contribution is 2.27. The summed E-state index contributed by atoms with van der Waals surface area (Å²) >= 11 is 0. The Balaban J connectivity index is 1.70. The summed E-state index contributed by atoms with van der Waals surface area (Å²) in [6.45, 7) is 4.61. The van der Waals surface area contributed by atoms with Gasteiger partial charge in [-0.2, -0.15) is 0 Å². The molecule has 0 saturated carbocycles. The maximum Gasteiger partial charge on any atom is 0.174 e. The number of carbonyl (C=O) groups is 1. The van der Waals surface area contributed by atoms with Crippen molar-refractivity contribution in [2.75, 3.05) is 39.5 Å². The molecule has 0 amide bonds. The SMILES string of the molecule is O=C1c2ccccc2OC[C@H]1CN1CCOCC1. The molecule has 1 aromatic carbocycles. The second-order valence-electron chi connectivity index (χ2n) is 4.78. The molecule has 18 heavy (non-hydrogen) atoms. The average molecular weight is 247 g/mol. The van der Waals surface area contributed by atoms with E-state index in [-0.39, 0.29) is 11.7 Å². The molecule has 0 bridgehead atoms. The molecular weight excluding hydrogens is 230 g/mol. The normalized spacial score (nSPS) is 24.4. The van der Waals surface area contributed by atoms with Crippen LogP contribution in [0.3, 0.4) is 0 Å². The van der Waals surface area contributed by atoms with Gasteiger partial charge in [-0.1, -0.05) is 12.1 Å². The van der Waals surface area contributed by atoms with Crippen LogP contribution in [0.15, 0.2) is 24.3 Å². The molecule has 0 radical (unpaired) electrons. The van der Waals surface area contributed by atoms with E-state index in [2.05, 4.69) is 4.90 Å². The molecular formula is C14H17NO3. The van der Waals surface area contributed by atoms with Crippen molar-refractivity contribution in [1.29, 1.82) is 0 Å². The second kappa shape index (κ2) is 5.08. The molecule has 1 fully saturated rings. The van der Waals surface area contributed by atoms with Crippen LogP contribution in [0.4, 0.5) is 0 Å². The van der Waals surface area contributed by atoms with Crippen LogP contribution in [0.2, 0.25) is 0 Å². The fourth-order valence-corrected chi connectivity index (χ4v) is 2.51. The molecule has 2 heterocycles. The van der Waals surface area contributed by atoms with E-state index in [4.69, 9.17) is 9.47 Å². The summed E-state index contributed by atoms with van der Waals surface area (Å²) in [4.78, 5) is 14.6. The van der Waals surface area contributed by atoms with Crippen LogP contribution in [-0.2, 0) is 4.74 Å². The van der Waals surface area contributed by atoms with Gasteiger partial charge in [0.15, 0.2) is 5.78 Å². The third-order valence-corrected chi connectivity index (χ3v) is 3.55. The van der Waals surface area contributed by atoms with Gasteiger partial charge in [0.05, 0.1) is 31.3 Å². The first kappa shape index (κ1) is 11.7. The number of para-hydroxylation sites is 1. The predicted molar refractivity (Wildman–Crippen MR) is 67.0 cm³/mol. The topological polar surface area (TPSA) is 38.8 Å². The molecule has 2 aliphatic rings. The standard InChI is InChI=1S/C14H17NO3/c16-14-11(9-15-5-7-17-8-6-15)10-18-13-4-2-1-3-12(13)14/h1-4,11H,5-10H2/t11-/m1/s1. The zero-order chi connectivity index (χ0) is 12.4. The summed E-state index contributed by atoms with van der Waals surface area (Å²) in [5.74, 6) is 0.891. The van der Waals surface area contributed by atoms with Crippen LogP contribution in [0.5, 0.6) is 5.75 Å². The quantitative estimate of drug-likeness (QED) is 0.787. The van der Waals surface area contributed by atoms with Crippen molar-refractivity contribution < 1.29 is 14.3 Å². The van der Waals surface area contributed by atoms with E-state index in [0.29, 0.717) is 6.61 Å². The molecule has 0 spiro atoms. The third kappa shape index (κ3) is 2.26. The van der Waals surface area contributed by atoms with E-state index in [9.17, 15) is 4.79 Å². The first-order chi connectivity index (χ1) is 8.84. The minimum atomic E-state index is -0.0435. The Kier molecular flexibility index (Phi) is 3.30. The fourth-order valence-electron chi connectivity index (χ4n) is 2.51. The van der Waals surface area contributed by atoms with Crippen LogP contribution in [0.1, 0.15) is 10.4 Å². The van der Waals surface area contributed by atoms with E-state index in [1.54, 1.807) is 0 Å². The van der Waals surface area contributed by atoms with Crippen molar-refractivity contribution >= 4 is 5.78 Å². The number of fused-ring (bicyclic) bond motifs is 1. The third-order valence-electron chi connectivity index (χ3n) is 3.55. The molecule has 4 nitrogen and oxygen atoms in total. The number of hydrogen-bond acceptors (Lipinski definition) is 4. The number of carbonyl (C=O) groups excluding carboxylic acids is 1. The first-order valence-corrected chi connectivity index (χ1v) is 6.41. The van der Waals surface area contributed by atoms with E-state index < -0.39 is 0 Å². The number of benzene rings is 1. The summed E-state index contributed by atoms with van der Waals surface area (Å²) in [6, 6.07) is 7.49. The maximum atomic E-state index is 12.4. The molecule has 1 aromatic rings. The number of hydrogen-bond donors (Lipinski definition) is 0. The number of Topliss-reactive ketones (excluding diaryl/α,β-unsaturated/α-hetero) is 1. The lowest BCUT2D eigenvalue weighted by molar-refractivity contribution is 0.0250. The number of nitrogens with zero attached hydrogens (tertiary/aromatic N) is 1. The highest BCUT2D eigenvalue weighted by molar-refractivity contribution is 6.01. The second-order valence-corrected chi connectivity index (χ2v) is 4.78. The van der Waals surface area contributed by atoms with E-state index in [0.717, 1.165) is 44.2 Å². The summed E-state index contributed by atoms with van der Waals surface area (Å²) in [5.41, 5.74) is 0.724. The lowest BCUT2D eigenvalue weighted by Crippen LogP contribution is -2.43. The number of ketones is 1. The maximum absolute atomic E-state index is 12.4.